The van der Waals surface area contributed by atoms with E-state index >= 15 is 0 Å². The number of pyridine rings is 1. The summed E-state index contributed by atoms with van der Waals surface area (Å²) >= 11 is 6.78. The minimum atomic E-state index is -0.232. The second-order valence-corrected chi connectivity index (χ2v) is 5.68. The molecule has 1 heterocycles. The molecule has 0 bridgehead atoms. The van der Waals surface area contributed by atoms with Crippen LogP contribution in [0, 0.1) is 5.82 Å². The molecule has 0 spiro atoms. The molecule has 2 aromatic rings. The lowest BCUT2D eigenvalue weighted by Gasteiger charge is -2.16. The van der Waals surface area contributed by atoms with Crippen molar-refractivity contribution in [2.45, 2.75) is 13.0 Å². The second kappa shape index (κ2) is 5.80. The molecule has 2 rings (SSSR count). The molecule has 0 aliphatic carbocycles. The van der Waals surface area contributed by atoms with E-state index in [-0.39, 0.29) is 11.9 Å². The van der Waals surface area contributed by atoms with Crippen molar-refractivity contribution >= 4 is 37.7 Å². The number of anilines is 1. The van der Waals surface area contributed by atoms with Gasteiger partial charge in [0.2, 0.25) is 0 Å². The Bertz CT molecular complexity index is 560. The van der Waals surface area contributed by atoms with Crippen LogP contribution in [0.5, 0.6) is 0 Å². The summed E-state index contributed by atoms with van der Waals surface area (Å²) in [6.45, 7) is 1.96. The third kappa shape index (κ3) is 3.29. The largest absolute Gasteiger partial charge is 0.363 e. The van der Waals surface area contributed by atoms with E-state index in [1.807, 2.05) is 19.1 Å². The van der Waals surface area contributed by atoms with Crippen LogP contribution >= 0.6 is 31.9 Å². The third-order valence-electron chi connectivity index (χ3n) is 2.51. The van der Waals surface area contributed by atoms with Gasteiger partial charge in [-0.25, -0.2) is 9.37 Å². The average molecular weight is 374 g/mol. The Morgan fingerprint density at radius 2 is 2.06 bits per heavy atom. The quantitative estimate of drug-likeness (QED) is 0.825. The van der Waals surface area contributed by atoms with Crippen LogP contribution in [-0.4, -0.2) is 4.98 Å². The fourth-order valence-electron chi connectivity index (χ4n) is 1.59. The molecule has 0 aliphatic heterocycles. The third-order valence-corrected chi connectivity index (χ3v) is 3.55. The summed E-state index contributed by atoms with van der Waals surface area (Å²) in [5.41, 5.74) is 0.881. The number of benzene rings is 1. The maximum absolute atomic E-state index is 13.1. The first-order chi connectivity index (χ1) is 8.56. The van der Waals surface area contributed by atoms with Crippen molar-refractivity contribution in [3.05, 3.63) is 56.9 Å². The molecule has 18 heavy (non-hydrogen) atoms. The Kier molecular flexibility index (Phi) is 4.35. The number of nitrogens with zero attached hydrogens (tertiary/aromatic N) is 1. The van der Waals surface area contributed by atoms with E-state index in [1.165, 1.54) is 12.1 Å². The number of aromatic nitrogens is 1. The highest BCUT2D eigenvalue weighted by Gasteiger charge is 2.09. The van der Waals surface area contributed by atoms with Gasteiger partial charge in [-0.1, -0.05) is 12.1 Å². The van der Waals surface area contributed by atoms with Gasteiger partial charge in [0.25, 0.3) is 0 Å². The Hall–Kier alpha value is -0.940. The summed E-state index contributed by atoms with van der Waals surface area (Å²) in [7, 11) is 0. The van der Waals surface area contributed by atoms with E-state index in [0.29, 0.717) is 0 Å². The molecule has 0 amide bonds. The SMILES string of the molecule is CC(Nc1ncc(Br)cc1Br)c1cccc(F)c1. The van der Waals surface area contributed by atoms with Crippen LogP contribution < -0.4 is 5.32 Å². The summed E-state index contributed by atoms with van der Waals surface area (Å²) in [6, 6.07) is 8.42. The molecule has 1 atom stereocenters. The van der Waals surface area contributed by atoms with Crippen LogP contribution in [0.15, 0.2) is 45.5 Å². The van der Waals surface area contributed by atoms with Gasteiger partial charge < -0.3 is 5.32 Å². The summed E-state index contributed by atoms with van der Waals surface area (Å²) in [6.07, 6.45) is 1.71. The molecule has 5 heteroatoms. The average Bonchev–Trinajstić information content (AvgIpc) is 2.32. The highest BCUT2D eigenvalue weighted by molar-refractivity contribution is 9.11. The predicted molar refractivity (Wildman–Crippen MR) is 78.1 cm³/mol. The van der Waals surface area contributed by atoms with Gasteiger partial charge in [0.15, 0.2) is 0 Å². The molecule has 1 unspecified atom stereocenters. The highest BCUT2D eigenvalue weighted by atomic mass is 79.9. The van der Waals surface area contributed by atoms with Crippen molar-refractivity contribution in [2.75, 3.05) is 5.32 Å². The fourth-order valence-corrected chi connectivity index (χ4v) is 2.69. The van der Waals surface area contributed by atoms with Crippen molar-refractivity contribution in [3.8, 4) is 0 Å². The van der Waals surface area contributed by atoms with Gasteiger partial charge in [-0.05, 0) is 62.5 Å². The van der Waals surface area contributed by atoms with Crippen LogP contribution in [0.2, 0.25) is 0 Å². The normalized spacial score (nSPS) is 12.2. The molecule has 2 nitrogen and oxygen atoms in total. The van der Waals surface area contributed by atoms with Crippen LogP contribution in [0.1, 0.15) is 18.5 Å². The molecule has 1 N–H and O–H groups in total. The Morgan fingerprint density at radius 3 is 2.72 bits per heavy atom. The van der Waals surface area contributed by atoms with Crippen molar-refractivity contribution in [1.29, 1.82) is 0 Å². The van der Waals surface area contributed by atoms with E-state index in [0.717, 1.165) is 20.3 Å². The van der Waals surface area contributed by atoms with E-state index in [9.17, 15) is 4.39 Å². The predicted octanol–water partition coefficient (Wildman–Crippen LogP) is 4.92. The molecule has 1 aromatic carbocycles. The number of hydrogen-bond donors (Lipinski definition) is 1. The first kappa shape index (κ1) is 13.5. The zero-order valence-corrected chi connectivity index (χ0v) is 12.8. The van der Waals surface area contributed by atoms with E-state index in [1.54, 1.807) is 12.3 Å². The summed E-state index contributed by atoms with van der Waals surface area (Å²) in [5.74, 6) is 0.499. The molecule has 94 valence electrons. The number of rotatable bonds is 3. The lowest BCUT2D eigenvalue weighted by atomic mass is 10.1. The molecule has 0 aliphatic rings. The van der Waals surface area contributed by atoms with Crippen molar-refractivity contribution in [3.63, 3.8) is 0 Å². The Balaban J connectivity index is 2.18. The molecule has 0 saturated heterocycles. The zero-order chi connectivity index (χ0) is 13.1. The minimum absolute atomic E-state index is 0.0225. The lowest BCUT2D eigenvalue weighted by molar-refractivity contribution is 0.623. The van der Waals surface area contributed by atoms with E-state index in [2.05, 4.69) is 42.2 Å². The van der Waals surface area contributed by atoms with E-state index < -0.39 is 0 Å². The molecular weight excluding hydrogens is 363 g/mol. The number of hydrogen-bond acceptors (Lipinski definition) is 2. The van der Waals surface area contributed by atoms with Crippen LogP contribution in [0.4, 0.5) is 10.2 Å². The van der Waals surface area contributed by atoms with Gasteiger partial charge in [0.05, 0.1) is 10.5 Å². The second-order valence-electron chi connectivity index (χ2n) is 3.90. The van der Waals surface area contributed by atoms with Gasteiger partial charge in [0, 0.05) is 10.7 Å². The number of nitrogens with one attached hydrogen (secondary N) is 1. The van der Waals surface area contributed by atoms with Crippen molar-refractivity contribution in [2.24, 2.45) is 0 Å². The van der Waals surface area contributed by atoms with Crippen LogP contribution in [0.25, 0.3) is 0 Å². The zero-order valence-electron chi connectivity index (χ0n) is 9.62. The maximum atomic E-state index is 13.1. The topological polar surface area (TPSA) is 24.9 Å². The molecule has 0 radical (unpaired) electrons. The highest BCUT2D eigenvalue weighted by Crippen LogP contribution is 2.27. The van der Waals surface area contributed by atoms with E-state index in [4.69, 9.17) is 0 Å². The summed E-state index contributed by atoms with van der Waals surface area (Å²) in [4.78, 5) is 4.27. The van der Waals surface area contributed by atoms with Gasteiger partial charge >= 0.3 is 0 Å². The molecular formula is C13H11Br2FN2. The number of halogens is 3. The Morgan fingerprint density at radius 1 is 1.28 bits per heavy atom. The monoisotopic (exact) mass is 372 g/mol. The van der Waals surface area contributed by atoms with Crippen molar-refractivity contribution in [1.82, 2.24) is 4.98 Å². The first-order valence-corrected chi connectivity index (χ1v) is 6.98. The molecule has 0 saturated carbocycles. The van der Waals surface area contributed by atoms with Crippen LogP contribution in [-0.2, 0) is 0 Å². The molecule has 1 aromatic heterocycles. The van der Waals surface area contributed by atoms with Gasteiger partial charge in [-0.15, -0.1) is 0 Å². The minimum Gasteiger partial charge on any atom is -0.363 e. The fraction of sp³-hybridized carbons (Fsp3) is 0.154. The summed E-state index contributed by atoms with van der Waals surface area (Å²) < 4.78 is 14.9. The lowest BCUT2D eigenvalue weighted by Crippen LogP contribution is -2.08. The first-order valence-electron chi connectivity index (χ1n) is 5.39. The molecule has 0 fully saturated rings. The standard InChI is InChI=1S/C13H11Br2FN2/c1-8(9-3-2-4-11(16)5-9)18-13-12(15)6-10(14)7-17-13/h2-8H,1H3,(H,17,18). The summed E-state index contributed by atoms with van der Waals surface area (Å²) in [5, 5.41) is 3.24. The maximum Gasteiger partial charge on any atom is 0.140 e. The van der Waals surface area contributed by atoms with Gasteiger partial charge in [-0.2, -0.15) is 0 Å². The van der Waals surface area contributed by atoms with Crippen molar-refractivity contribution < 1.29 is 4.39 Å². The smallest absolute Gasteiger partial charge is 0.140 e. The van der Waals surface area contributed by atoms with Gasteiger partial charge in [-0.3, -0.25) is 0 Å². The van der Waals surface area contributed by atoms with Crippen LogP contribution in [0.3, 0.4) is 0 Å². The van der Waals surface area contributed by atoms with Gasteiger partial charge in [0.1, 0.15) is 11.6 Å². The Labute approximate surface area is 122 Å².